The second kappa shape index (κ2) is 7.05. The third kappa shape index (κ3) is 3.93. The molecular formula is C14H20N4O3. The Morgan fingerprint density at radius 3 is 2.81 bits per heavy atom. The van der Waals surface area contributed by atoms with Crippen molar-refractivity contribution in [2.24, 2.45) is 5.84 Å². The lowest BCUT2D eigenvalue weighted by Gasteiger charge is -2.34. The summed E-state index contributed by atoms with van der Waals surface area (Å²) in [5.74, 6) is 5.40. The Morgan fingerprint density at radius 1 is 1.48 bits per heavy atom. The number of nitrogens with zero attached hydrogens (tertiary/aromatic N) is 1. The van der Waals surface area contributed by atoms with E-state index in [1.807, 2.05) is 29.2 Å². The zero-order valence-corrected chi connectivity index (χ0v) is 12.0. The normalized spacial score (nSPS) is 19.0. The molecule has 1 atom stereocenters. The van der Waals surface area contributed by atoms with Crippen LogP contribution in [0.25, 0.3) is 0 Å². The topological polar surface area (TPSA) is 96.7 Å². The summed E-state index contributed by atoms with van der Waals surface area (Å²) in [4.78, 5) is 25.4. The minimum atomic E-state index is -0.496. The van der Waals surface area contributed by atoms with E-state index in [0.717, 1.165) is 11.3 Å². The predicted octanol–water partition coefficient (Wildman–Crippen LogP) is -0.624. The highest BCUT2D eigenvalue weighted by Gasteiger charge is 2.31. The van der Waals surface area contributed by atoms with Gasteiger partial charge in [-0.15, -0.1) is 0 Å². The van der Waals surface area contributed by atoms with Crippen LogP contribution in [0, 0.1) is 0 Å². The van der Waals surface area contributed by atoms with Crippen molar-refractivity contribution in [2.45, 2.75) is 19.0 Å². The molecular weight excluding hydrogens is 272 g/mol. The van der Waals surface area contributed by atoms with Gasteiger partial charge in [-0.3, -0.25) is 19.9 Å². The Labute approximate surface area is 123 Å². The second-order valence-corrected chi connectivity index (χ2v) is 4.90. The quantitative estimate of drug-likeness (QED) is 0.382. The minimum Gasteiger partial charge on any atom is -0.497 e. The summed E-state index contributed by atoms with van der Waals surface area (Å²) < 4.78 is 5.12. The van der Waals surface area contributed by atoms with Crippen LogP contribution in [0.1, 0.15) is 12.0 Å². The van der Waals surface area contributed by atoms with E-state index in [2.05, 4.69) is 10.7 Å². The molecule has 1 aliphatic heterocycles. The number of rotatable bonds is 5. The van der Waals surface area contributed by atoms with Gasteiger partial charge in [-0.1, -0.05) is 12.1 Å². The Kier molecular flexibility index (Phi) is 5.13. The van der Waals surface area contributed by atoms with E-state index in [1.54, 1.807) is 7.11 Å². The molecule has 2 amide bonds. The predicted molar refractivity (Wildman–Crippen MR) is 77.1 cm³/mol. The van der Waals surface area contributed by atoms with Gasteiger partial charge in [-0.25, -0.2) is 5.84 Å². The fraction of sp³-hybridized carbons (Fsp3) is 0.429. The van der Waals surface area contributed by atoms with Crippen molar-refractivity contribution in [2.75, 3.05) is 20.2 Å². The smallest absolute Gasteiger partial charge is 0.237 e. The van der Waals surface area contributed by atoms with E-state index in [-0.39, 0.29) is 18.2 Å². The van der Waals surface area contributed by atoms with E-state index in [1.165, 1.54) is 0 Å². The average molecular weight is 292 g/mol. The van der Waals surface area contributed by atoms with Gasteiger partial charge in [0.15, 0.2) is 0 Å². The Bertz CT molecular complexity index is 503. The van der Waals surface area contributed by atoms with Crippen LogP contribution < -0.4 is 21.3 Å². The standard InChI is InChI=1S/C14H20N4O3/c1-21-11-4-2-10(3-5-11)9-18-7-6-16-14(20)12(18)8-13(19)17-15/h2-5,12H,6-9,15H2,1H3,(H,16,20)(H,17,19). The number of methoxy groups -OCH3 is 1. The fourth-order valence-electron chi connectivity index (χ4n) is 2.37. The van der Waals surface area contributed by atoms with E-state index in [4.69, 9.17) is 10.6 Å². The summed E-state index contributed by atoms with van der Waals surface area (Å²) in [5.41, 5.74) is 3.13. The van der Waals surface area contributed by atoms with E-state index in [9.17, 15) is 9.59 Å². The van der Waals surface area contributed by atoms with E-state index in [0.29, 0.717) is 19.6 Å². The highest BCUT2D eigenvalue weighted by Crippen LogP contribution is 2.16. The van der Waals surface area contributed by atoms with Crippen molar-refractivity contribution < 1.29 is 14.3 Å². The largest absolute Gasteiger partial charge is 0.497 e. The van der Waals surface area contributed by atoms with Crippen LogP contribution >= 0.6 is 0 Å². The molecule has 0 saturated carbocycles. The highest BCUT2D eigenvalue weighted by molar-refractivity contribution is 5.88. The van der Waals surface area contributed by atoms with Crippen molar-refractivity contribution in [1.29, 1.82) is 0 Å². The molecule has 1 aromatic rings. The van der Waals surface area contributed by atoms with Gasteiger partial charge in [0.25, 0.3) is 0 Å². The monoisotopic (exact) mass is 292 g/mol. The second-order valence-electron chi connectivity index (χ2n) is 4.90. The van der Waals surface area contributed by atoms with Crippen molar-refractivity contribution in [3.05, 3.63) is 29.8 Å². The molecule has 1 heterocycles. The number of ether oxygens (including phenoxy) is 1. The molecule has 7 heteroatoms. The molecule has 4 N–H and O–H groups in total. The number of hydrogen-bond donors (Lipinski definition) is 3. The lowest BCUT2D eigenvalue weighted by Crippen LogP contribution is -2.56. The highest BCUT2D eigenvalue weighted by atomic mass is 16.5. The first kappa shape index (κ1) is 15.3. The first-order chi connectivity index (χ1) is 10.1. The molecule has 0 aliphatic carbocycles. The van der Waals surface area contributed by atoms with Gasteiger partial charge in [0.2, 0.25) is 11.8 Å². The molecule has 1 unspecified atom stereocenters. The van der Waals surface area contributed by atoms with Crippen LogP contribution in [0.3, 0.4) is 0 Å². The SMILES string of the molecule is COc1ccc(CN2CCNC(=O)C2CC(=O)NN)cc1. The molecule has 1 saturated heterocycles. The van der Waals surface area contributed by atoms with Crippen molar-refractivity contribution in [3.8, 4) is 5.75 Å². The Balaban J connectivity index is 2.06. The minimum absolute atomic E-state index is 0.0541. The Morgan fingerprint density at radius 2 is 2.19 bits per heavy atom. The van der Waals surface area contributed by atoms with Gasteiger partial charge >= 0.3 is 0 Å². The molecule has 7 nitrogen and oxygen atoms in total. The zero-order valence-electron chi connectivity index (χ0n) is 12.0. The number of hydrogen-bond acceptors (Lipinski definition) is 5. The third-order valence-corrected chi connectivity index (χ3v) is 3.53. The number of amides is 2. The molecule has 1 aromatic carbocycles. The molecule has 21 heavy (non-hydrogen) atoms. The van der Waals surface area contributed by atoms with Crippen LogP contribution in [0.4, 0.5) is 0 Å². The summed E-state index contributed by atoms with van der Waals surface area (Å²) in [6.45, 7) is 1.87. The van der Waals surface area contributed by atoms with Crippen LogP contribution in [-0.2, 0) is 16.1 Å². The maximum atomic E-state index is 12.0. The molecule has 0 radical (unpaired) electrons. The van der Waals surface area contributed by atoms with E-state index >= 15 is 0 Å². The van der Waals surface area contributed by atoms with Crippen LogP contribution in [0.5, 0.6) is 5.75 Å². The molecule has 0 bridgehead atoms. The van der Waals surface area contributed by atoms with Crippen molar-refractivity contribution in [1.82, 2.24) is 15.6 Å². The number of nitrogens with one attached hydrogen (secondary N) is 2. The lowest BCUT2D eigenvalue weighted by molar-refractivity contribution is -0.134. The first-order valence-electron chi connectivity index (χ1n) is 6.78. The summed E-state index contributed by atoms with van der Waals surface area (Å²) in [5, 5.41) is 2.77. The van der Waals surface area contributed by atoms with Crippen LogP contribution in [-0.4, -0.2) is 43.0 Å². The van der Waals surface area contributed by atoms with Gasteiger partial charge < -0.3 is 10.1 Å². The summed E-state index contributed by atoms with van der Waals surface area (Å²) >= 11 is 0. The van der Waals surface area contributed by atoms with E-state index < -0.39 is 6.04 Å². The summed E-state index contributed by atoms with van der Waals surface area (Å²) in [7, 11) is 1.62. The lowest BCUT2D eigenvalue weighted by atomic mass is 10.1. The summed E-state index contributed by atoms with van der Waals surface area (Å²) in [6.07, 6.45) is 0.0541. The maximum Gasteiger partial charge on any atom is 0.237 e. The average Bonchev–Trinajstić information content (AvgIpc) is 2.51. The number of piperazine rings is 1. The molecule has 1 fully saturated rings. The molecule has 1 aliphatic rings. The first-order valence-corrected chi connectivity index (χ1v) is 6.78. The maximum absolute atomic E-state index is 12.0. The van der Waals surface area contributed by atoms with Gasteiger partial charge in [0, 0.05) is 19.6 Å². The number of nitrogens with two attached hydrogens (primary N) is 1. The number of benzene rings is 1. The molecule has 114 valence electrons. The number of carbonyl (C=O) groups is 2. The van der Waals surface area contributed by atoms with Gasteiger partial charge in [-0.2, -0.15) is 0 Å². The van der Waals surface area contributed by atoms with Gasteiger partial charge in [0.05, 0.1) is 19.6 Å². The molecule has 0 spiro atoms. The van der Waals surface area contributed by atoms with Gasteiger partial charge in [0.1, 0.15) is 5.75 Å². The van der Waals surface area contributed by atoms with Crippen molar-refractivity contribution >= 4 is 11.8 Å². The summed E-state index contributed by atoms with van der Waals surface area (Å²) in [6, 6.07) is 7.16. The number of hydrazine groups is 1. The zero-order chi connectivity index (χ0) is 15.2. The number of carbonyl (C=O) groups excluding carboxylic acids is 2. The fourth-order valence-corrected chi connectivity index (χ4v) is 2.37. The van der Waals surface area contributed by atoms with Crippen LogP contribution in [0.15, 0.2) is 24.3 Å². The third-order valence-electron chi connectivity index (χ3n) is 3.53. The Hall–Kier alpha value is -2.12. The van der Waals surface area contributed by atoms with Gasteiger partial charge in [-0.05, 0) is 17.7 Å². The molecule has 0 aromatic heterocycles. The van der Waals surface area contributed by atoms with Crippen molar-refractivity contribution in [3.63, 3.8) is 0 Å². The molecule has 2 rings (SSSR count). The van der Waals surface area contributed by atoms with Crippen LogP contribution in [0.2, 0.25) is 0 Å².